The van der Waals surface area contributed by atoms with Gasteiger partial charge in [0.2, 0.25) is 5.91 Å². The van der Waals surface area contributed by atoms with Gasteiger partial charge in [-0.05, 0) is 24.1 Å². The molecular weight excluding hydrogens is 295 g/mol. The second kappa shape index (κ2) is 7.40. The van der Waals surface area contributed by atoms with Crippen LogP contribution in [0.4, 0.5) is 15.8 Å². The molecule has 21 heavy (non-hydrogen) atoms. The van der Waals surface area contributed by atoms with Crippen LogP contribution in [-0.4, -0.2) is 25.8 Å². The van der Waals surface area contributed by atoms with Crippen molar-refractivity contribution < 1.29 is 17.6 Å². The van der Waals surface area contributed by atoms with E-state index in [1.165, 1.54) is 12.1 Å². The van der Waals surface area contributed by atoms with Crippen LogP contribution in [0.3, 0.4) is 0 Å². The SMILES string of the molecule is CCC(C)CS(=O)(=O)CCC(=O)Nc1ccc(F)c(N)c1. The summed E-state index contributed by atoms with van der Waals surface area (Å²) in [6.45, 7) is 3.78. The largest absolute Gasteiger partial charge is 0.396 e. The smallest absolute Gasteiger partial charge is 0.225 e. The molecule has 0 bridgehead atoms. The van der Waals surface area contributed by atoms with Crippen LogP contribution in [0.15, 0.2) is 18.2 Å². The van der Waals surface area contributed by atoms with Crippen molar-refractivity contribution >= 4 is 27.1 Å². The maximum atomic E-state index is 13.0. The number of halogens is 1. The lowest BCUT2D eigenvalue weighted by molar-refractivity contribution is -0.115. The fourth-order valence-corrected chi connectivity index (χ4v) is 3.49. The Morgan fingerprint density at radius 3 is 2.67 bits per heavy atom. The molecule has 1 aromatic rings. The molecule has 5 nitrogen and oxygen atoms in total. The van der Waals surface area contributed by atoms with Crippen molar-refractivity contribution in [3.63, 3.8) is 0 Å². The molecule has 0 fully saturated rings. The average molecular weight is 316 g/mol. The number of nitrogen functional groups attached to an aromatic ring is 1. The number of rotatable bonds is 7. The monoisotopic (exact) mass is 316 g/mol. The minimum atomic E-state index is -3.24. The lowest BCUT2D eigenvalue weighted by atomic mass is 10.2. The Balaban J connectivity index is 2.52. The van der Waals surface area contributed by atoms with Crippen molar-refractivity contribution in [2.45, 2.75) is 26.7 Å². The first kappa shape index (κ1) is 17.4. The molecule has 1 amide bonds. The fraction of sp³-hybridized carbons (Fsp3) is 0.500. The minimum absolute atomic E-state index is 0.0720. The molecule has 1 unspecified atom stereocenters. The van der Waals surface area contributed by atoms with E-state index in [0.29, 0.717) is 5.69 Å². The van der Waals surface area contributed by atoms with Crippen LogP contribution in [0.25, 0.3) is 0 Å². The van der Waals surface area contributed by atoms with Crippen molar-refractivity contribution in [3.8, 4) is 0 Å². The van der Waals surface area contributed by atoms with Crippen LogP contribution in [-0.2, 0) is 14.6 Å². The van der Waals surface area contributed by atoms with Gasteiger partial charge in [-0.2, -0.15) is 0 Å². The van der Waals surface area contributed by atoms with Crippen LogP contribution in [0.1, 0.15) is 26.7 Å². The molecule has 0 radical (unpaired) electrons. The standard InChI is InChI=1S/C14H21FN2O3S/c1-3-10(2)9-21(19,20)7-6-14(18)17-11-4-5-12(15)13(16)8-11/h4-5,8,10H,3,6-7,9,16H2,1-2H3,(H,17,18). The molecule has 0 aliphatic heterocycles. The number of amides is 1. The highest BCUT2D eigenvalue weighted by Gasteiger charge is 2.16. The highest BCUT2D eigenvalue weighted by atomic mass is 32.2. The summed E-state index contributed by atoms with van der Waals surface area (Å²) in [5.74, 6) is -1.03. The molecule has 118 valence electrons. The van der Waals surface area contributed by atoms with Gasteiger partial charge in [-0.3, -0.25) is 4.79 Å². The molecule has 1 atom stereocenters. The first-order valence-corrected chi connectivity index (χ1v) is 8.61. The van der Waals surface area contributed by atoms with E-state index in [0.717, 1.165) is 12.5 Å². The highest BCUT2D eigenvalue weighted by Crippen LogP contribution is 2.16. The van der Waals surface area contributed by atoms with E-state index >= 15 is 0 Å². The topological polar surface area (TPSA) is 89.3 Å². The van der Waals surface area contributed by atoms with E-state index in [9.17, 15) is 17.6 Å². The number of hydrogen-bond donors (Lipinski definition) is 2. The summed E-state index contributed by atoms with van der Waals surface area (Å²) in [7, 11) is -3.24. The van der Waals surface area contributed by atoms with Crippen LogP contribution in [0.2, 0.25) is 0 Å². The molecule has 0 spiro atoms. The van der Waals surface area contributed by atoms with Crippen LogP contribution >= 0.6 is 0 Å². The number of sulfone groups is 1. The Morgan fingerprint density at radius 1 is 1.43 bits per heavy atom. The van der Waals surface area contributed by atoms with Gasteiger partial charge in [0.15, 0.2) is 9.84 Å². The van der Waals surface area contributed by atoms with Crippen molar-refractivity contribution in [1.82, 2.24) is 0 Å². The number of nitrogens with one attached hydrogen (secondary N) is 1. The molecule has 1 aromatic carbocycles. The van der Waals surface area contributed by atoms with Gasteiger partial charge in [-0.1, -0.05) is 20.3 Å². The van der Waals surface area contributed by atoms with Crippen LogP contribution < -0.4 is 11.1 Å². The number of benzene rings is 1. The maximum Gasteiger partial charge on any atom is 0.225 e. The molecule has 0 saturated heterocycles. The summed E-state index contributed by atoms with van der Waals surface area (Å²) in [5, 5.41) is 2.50. The molecule has 0 aliphatic carbocycles. The summed E-state index contributed by atoms with van der Waals surface area (Å²) in [6, 6.07) is 3.81. The maximum absolute atomic E-state index is 13.0. The Hall–Kier alpha value is -1.63. The number of carbonyl (C=O) groups excluding carboxylic acids is 1. The Kier molecular flexibility index (Phi) is 6.14. The minimum Gasteiger partial charge on any atom is -0.396 e. The summed E-state index contributed by atoms with van der Waals surface area (Å²) < 4.78 is 36.6. The number of anilines is 2. The summed E-state index contributed by atoms with van der Waals surface area (Å²) >= 11 is 0. The summed E-state index contributed by atoms with van der Waals surface area (Å²) in [5.41, 5.74) is 5.66. The lowest BCUT2D eigenvalue weighted by Gasteiger charge is -2.10. The predicted octanol–water partition coefficient (Wildman–Crippen LogP) is 2.20. The second-order valence-corrected chi connectivity index (χ2v) is 7.39. The van der Waals surface area contributed by atoms with Gasteiger partial charge in [-0.25, -0.2) is 12.8 Å². The van der Waals surface area contributed by atoms with E-state index in [1.54, 1.807) is 0 Å². The predicted molar refractivity (Wildman–Crippen MR) is 82.2 cm³/mol. The quantitative estimate of drug-likeness (QED) is 0.755. The van der Waals surface area contributed by atoms with E-state index < -0.39 is 21.6 Å². The third-order valence-electron chi connectivity index (χ3n) is 3.16. The molecule has 3 N–H and O–H groups in total. The van der Waals surface area contributed by atoms with Gasteiger partial charge in [0, 0.05) is 12.1 Å². The summed E-state index contributed by atoms with van der Waals surface area (Å²) in [4.78, 5) is 11.7. The third-order valence-corrected chi connectivity index (χ3v) is 5.06. The van der Waals surface area contributed by atoms with Crippen LogP contribution in [0, 0.1) is 11.7 Å². The molecular formula is C14H21FN2O3S. The van der Waals surface area contributed by atoms with Crippen molar-refractivity contribution in [2.24, 2.45) is 5.92 Å². The lowest BCUT2D eigenvalue weighted by Crippen LogP contribution is -2.21. The first-order valence-electron chi connectivity index (χ1n) is 6.79. The van der Waals surface area contributed by atoms with Gasteiger partial charge in [0.25, 0.3) is 0 Å². The highest BCUT2D eigenvalue weighted by molar-refractivity contribution is 7.91. The van der Waals surface area contributed by atoms with E-state index in [-0.39, 0.29) is 29.5 Å². The second-order valence-electron chi connectivity index (χ2n) is 5.16. The van der Waals surface area contributed by atoms with Crippen molar-refractivity contribution in [1.29, 1.82) is 0 Å². The van der Waals surface area contributed by atoms with Crippen LogP contribution in [0.5, 0.6) is 0 Å². The van der Waals surface area contributed by atoms with Gasteiger partial charge < -0.3 is 11.1 Å². The zero-order valence-electron chi connectivity index (χ0n) is 12.2. The molecule has 0 heterocycles. The zero-order chi connectivity index (χ0) is 16.0. The van der Waals surface area contributed by atoms with Gasteiger partial charge >= 0.3 is 0 Å². The number of carbonyl (C=O) groups is 1. The molecule has 0 aliphatic rings. The van der Waals surface area contributed by atoms with E-state index in [2.05, 4.69) is 5.32 Å². The molecule has 1 rings (SSSR count). The van der Waals surface area contributed by atoms with Crippen molar-refractivity contribution in [2.75, 3.05) is 22.6 Å². The molecule has 0 aromatic heterocycles. The molecule has 7 heteroatoms. The van der Waals surface area contributed by atoms with Gasteiger partial charge in [0.1, 0.15) is 5.82 Å². The first-order chi connectivity index (χ1) is 9.73. The van der Waals surface area contributed by atoms with Gasteiger partial charge in [0.05, 0.1) is 17.2 Å². The average Bonchev–Trinajstić information content (AvgIpc) is 2.40. The number of nitrogens with two attached hydrogens (primary N) is 1. The Bertz CT molecular complexity index is 602. The zero-order valence-corrected chi connectivity index (χ0v) is 13.0. The fourth-order valence-electron chi connectivity index (χ4n) is 1.73. The third kappa shape index (κ3) is 6.12. The van der Waals surface area contributed by atoms with E-state index in [4.69, 9.17) is 5.73 Å². The van der Waals surface area contributed by atoms with Gasteiger partial charge in [-0.15, -0.1) is 0 Å². The number of hydrogen-bond acceptors (Lipinski definition) is 4. The van der Waals surface area contributed by atoms with Crippen molar-refractivity contribution in [3.05, 3.63) is 24.0 Å². The normalized spacial score (nSPS) is 12.9. The Labute approximate surface area is 124 Å². The molecule has 0 saturated carbocycles. The Morgan fingerprint density at radius 2 is 2.10 bits per heavy atom. The summed E-state index contributed by atoms with van der Waals surface area (Å²) in [6.07, 6.45) is 0.649. The van der Waals surface area contributed by atoms with E-state index in [1.807, 2.05) is 13.8 Å².